The van der Waals surface area contributed by atoms with Gasteiger partial charge < -0.3 is 9.84 Å². The lowest BCUT2D eigenvalue weighted by molar-refractivity contribution is 0.180. The molecule has 15 heavy (non-hydrogen) atoms. The Balaban J connectivity index is 2.12. The maximum absolute atomic E-state index is 9.61. The van der Waals surface area contributed by atoms with Gasteiger partial charge in [-0.05, 0) is 36.1 Å². The van der Waals surface area contributed by atoms with Crippen molar-refractivity contribution >= 4 is 11.6 Å². The van der Waals surface area contributed by atoms with Gasteiger partial charge in [-0.3, -0.25) is 0 Å². The van der Waals surface area contributed by atoms with Gasteiger partial charge in [0.1, 0.15) is 12.4 Å². The van der Waals surface area contributed by atoms with Gasteiger partial charge in [-0.15, -0.1) is 0 Å². The van der Waals surface area contributed by atoms with Gasteiger partial charge in [0, 0.05) is 5.03 Å². The third-order valence-corrected chi connectivity index (χ3v) is 2.67. The monoisotopic (exact) mass is 224 g/mol. The summed E-state index contributed by atoms with van der Waals surface area (Å²) in [5.74, 6) is 0.782. The number of aliphatic hydroxyl groups excluding tert-OH is 1. The summed E-state index contributed by atoms with van der Waals surface area (Å²) in [6.07, 6.45) is 1.41. The number of hydrogen-bond donors (Lipinski definition) is 1. The molecule has 0 radical (unpaired) electrons. The van der Waals surface area contributed by atoms with E-state index in [1.807, 2.05) is 18.2 Å². The van der Waals surface area contributed by atoms with Gasteiger partial charge in [-0.2, -0.15) is 0 Å². The van der Waals surface area contributed by atoms with Gasteiger partial charge >= 0.3 is 0 Å². The number of rotatable bonds is 3. The van der Waals surface area contributed by atoms with E-state index in [-0.39, 0.29) is 6.10 Å². The molecule has 80 valence electrons. The first-order valence-electron chi connectivity index (χ1n) is 4.94. The van der Waals surface area contributed by atoms with Crippen LogP contribution in [-0.2, 0) is 6.42 Å². The first-order chi connectivity index (χ1) is 7.16. The van der Waals surface area contributed by atoms with Crippen molar-refractivity contribution < 1.29 is 9.84 Å². The lowest BCUT2D eigenvalue weighted by atomic mass is 10.1. The molecule has 0 unspecified atom stereocenters. The first-order valence-corrected chi connectivity index (χ1v) is 5.31. The van der Waals surface area contributed by atoms with Gasteiger partial charge in [-0.25, -0.2) is 0 Å². The van der Waals surface area contributed by atoms with Crippen molar-refractivity contribution in [3.05, 3.63) is 40.9 Å². The summed E-state index contributed by atoms with van der Waals surface area (Å²) in [6.45, 7) is 3.88. The predicted molar refractivity (Wildman–Crippen MR) is 60.2 cm³/mol. The average Bonchev–Trinajstić information content (AvgIpc) is 2.57. The van der Waals surface area contributed by atoms with E-state index in [2.05, 4.69) is 6.58 Å². The van der Waals surface area contributed by atoms with Crippen LogP contribution in [-0.4, -0.2) is 11.7 Å². The molecule has 0 aromatic heterocycles. The smallest absolute Gasteiger partial charge is 0.123 e. The van der Waals surface area contributed by atoms with E-state index in [0.29, 0.717) is 11.6 Å². The zero-order valence-corrected chi connectivity index (χ0v) is 9.13. The summed E-state index contributed by atoms with van der Waals surface area (Å²) in [4.78, 5) is 0. The van der Waals surface area contributed by atoms with Crippen molar-refractivity contribution in [1.82, 2.24) is 0 Å². The number of benzene rings is 1. The summed E-state index contributed by atoms with van der Waals surface area (Å²) in [6, 6.07) is 5.73. The van der Waals surface area contributed by atoms with E-state index in [9.17, 15) is 5.11 Å². The zero-order chi connectivity index (χ0) is 10.8. The molecule has 3 heteroatoms. The van der Waals surface area contributed by atoms with Crippen molar-refractivity contribution in [3.8, 4) is 5.75 Å². The van der Waals surface area contributed by atoms with E-state index < -0.39 is 0 Å². The average molecular weight is 225 g/mol. The van der Waals surface area contributed by atoms with Crippen LogP contribution in [0.3, 0.4) is 0 Å². The fourth-order valence-electron chi connectivity index (χ4n) is 1.82. The molecule has 0 aliphatic heterocycles. The standard InChI is InChI=1S/C12H13ClO2/c1-8(13)7-15-10-3-4-11-9(6-10)2-5-12(11)14/h3-4,6,12,14H,1-2,5,7H2/t12-/m0/s1. The number of aryl methyl sites for hydroxylation is 1. The Morgan fingerprint density at radius 2 is 2.40 bits per heavy atom. The number of fused-ring (bicyclic) bond motifs is 1. The van der Waals surface area contributed by atoms with Gasteiger partial charge in [0.2, 0.25) is 0 Å². The second-order valence-electron chi connectivity index (χ2n) is 3.72. The molecule has 1 aliphatic rings. The number of aliphatic hydroxyl groups is 1. The molecule has 0 heterocycles. The summed E-state index contributed by atoms with van der Waals surface area (Å²) in [5, 5.41) is 10.1. The molecule has 0 fully saturated rings. The number of ether oxygens (including phenoxy) is 1. The van der Waals surface area contributed by atoms with Gasteiger partial charge in [-0.1, -0.05) is 24.2 Å². The normalized spacial score (nSPS) is 18.7. The number of hydrogen-bond acceptors (Lipinski definition) is 2. The van der Waals surface area contributed by atoms with Crippen LogP contribution >= 0.6 is 11.6 Å². The molecule has 0 amide bonds. The SMILES string of the molecule is C=C(Cl)COc1ccc2c(c1)CC[C@@H]2O. The van der Waals surface area contributed by atoms with Crippen LogP contribution in [0.25, 0.3) is 0 Å². The highest BCUT2D eigenvalue weighted by Gasteiger charge is 2.20. The molecule has 0 spiro atoms. The Bertz CT molecular complexity index is 387. The summed E-state index contributed by atoms with van der Waals surface area (Å²) >= 11 is 5.61. The van der Waals surface area contributed by atoms with Crippen molar-refractivity contribution in [2.45, 2.75) is 18.9 Å². The summed E-state index contributed by atoms with van der Waals surface area (Å²) in [5.41, 5.74) is 2.19. The molecular formula is C12H13ClO2. The fourth-order valence-corrected chi connectivity index (χ4v) is 1.88. The molecule has 1 aromatic carbocycles. The maximum Gasteiger partial charge on any atom is 0.123 e. The summed E-state index contributed by atoms with van der Waals surface area (Å²) in [7, 11) is 0. The largest absolute Gasteiger partial charge is 0.488 e. The Morgan fingerprint density at radius 3 is 3.13 bits per heavy atom. The van der Waals surface area contributed by atoms with Crippen LogP contribution in [0.2, 0.25) is 0 Å². The van der Waals surface area contributed by atoms with Gasteiger partial charge in [0.25, 0.3) is 0 Å². The third kappa shape index (κ3) is 2.33. The lowest BCUT2D eigenvalue weighted by Crippen LogP contribution is -1.97. The van der Waals surface area contributed by atoms with Crippen LogP contribution in [0.5, 0.6) is 5.75 Å². The highest BCUT2D eigenvalue weighted by Crippen LogP contribution is 2.33. The molecule has 2 rings (SSSR count). The molecule has 1 aromatic rings. The Morgan fingerprint density at radius 1 is 1.60 bits per heavy atom. The van der Waals surface area contributed by atoms with E-state index >= 15 is 0 Å². The molecule has 1 aliphatic carbocycles. The minimum absolute atomic E-state index is 0.308. The Labute approximate surface area is 94.1 Å². The van der Waals surface area contributed by atoms with E-state index in [0.717, 1.165) is 24.2 Å². The Hall–Kier alpha value is -0.990. The van der Waals surface area contributed by atoms with Crippen molar-refractivity contribution in [1.29, 1.82) is 0 Å². The molecular weight excluding hydrogens is 212 g/mol. The second-order valence-corrected chi connectivity index (χ2v) is 4.26. The van der Waals surface area contributed by atoms with E-state index in [1.165, 1.54) is 5.56 Å². The van der Waals surface area contributed by atoms with Crippen LogP contribution < -0.4 is 4.74 Å². The fraction of sp³-hybridized carbons (Fsp3) is 0.333. The minimum atomic E-state index is -0.308. The first kappa shape index (κ1) is 10.5. The van der Waals surface area contributed by atoms with Crippen LogP contribution in [0.1, 0.15) is 23.7 Å². The minimum Gasteiger partial charge on any atom is -0.488 e. The van der Waals surface area contributed by atoms with Crippen molar-refractivity contribution in [2.75, 3.05) is 6.61 Å². The number of halogens is 1. The zero-order valence-electron chi connectivity index (χ0n) is 8.37. The van der Waals surface area contributed by atoms with E-state index in [4.69, 9.17) is 16.3 Å². The summed E-state index contributed by atoms with van der Waals surface area (Å²) < 4.78 is 5.41. The molecule has 0 bridgehead atoms. The highest BCUT2D eigenvalue weighted by molar-refractivity contribution is 6.29. The topological polar surface area (TPSA) is 29.5 Å². The molecule has 2 nitrogen and oxygen atoms in total. The van der Waals surface area contributed by atoms with Crippen LogP contribution in [0.15, 0.2) is 29.8 Å². The highest BCUT2D eigenvalue weighted by atomic mass is 35.5. The Kier molecular flexibility index (Phi) is 2.98. The van der Waals surface area contributed by atoms with Crippen molar-refractivity contribution in [2.24, 2.45) is 0 Å². The second kappa shape index (κ2) is 4.25. The molecule has 1 N–H and O–H groups in total. The van der Waals surface area contributed by atoms with Crippen molar-refractivity contribution in [3.63, 3.8) is 0 Å². The predicted octanol–water partition coefficient (Wildman–Crippen LogP) is 2.80. The van der Waals surface area contributed by atoms with Gasteiger partial charge in [0.15, 0.2) is 0 Å². The third-order valence-electron chi connectivity index (χ3n) is 2.56. The molecule has 0 saturated carbocycles. The molecule has 1 atom stereocenters. The van der Waals surface area contributed by atoms with E-state index in [1.54, 1.807) is 0 Å². The van der Waals surface area contributed by atoms with Crippen LogP contribution in [0, 0.1) is 0 Å². The quantitative estimate of drug-likeness (QED) is 0.856. The molecule has 0 saturated heterocycles. The van der Waals surface area contributed by atoms with Gasteiger partial charge in [0.05, 0.1) is 6.10 Å². The maximum atomic E-state index is 9.61. The lowest BCUT2D eigenvalue weighted by Gasteiger charge is -2.08. The van der Waals surface area contributed by atoms with Crippen LogP contribution in [0.4, 0.5) is 0 Å².